The summed E-state index contributed by atoms with van der Waals surface area (Å²) in [6.45, 7) is 1.50. The first-order chi connectivity index (χ1) is 17.4. The average molecular weight is 497 g/mol. The Bertz CT molecular complexity index is 1250. The van der Waals surface area contributed by atoms with E-state index in [9.17, 15) is 23.8 Å². The summed E-state index contributed by atoms with van der Waals surface area (Å²) in [5, 5.41) is 21.6. The molecular weight excluding hydrogens is 466 g/mol. The van der Waals surface area contributed by atoms with E-state index in [4.69, 9.17) is 4.74 Å². The van der Waals surface area contributed by atoms with Crippen molar-refractivity contribution in [3.63, 3.8) is 0 Å². The molecule has 3 aromatic rings. The summed E-state index contributed by atoms with van der Waals surface area (Å²) in [6, 6.07) is 10.7. The monoisotopic (exact) mass is 496 g/mol. The van der Waals surface area contributed by atoms with E-state index in [-0.39, 0.29) is 11.5 Å². The van der Waals surface area contributed by atoms with Gasteiger partial charge < -0.3 is 14.9 Å². The van der Waals surface area contributed by atoms with Crippen LogP contribution in [0.3, 0.4) is 0 Å². The zero-order valence-corrected chi connectivity index (χ0v) is 20.1. The number of carboxylic acid groups (broad SMARTS) is 1. The van der Waals surface area contributed by atoms with Crippen molar-refractivity contribution in [3.05, 3.63) is 77.5 Å². The van der Waals surface area contributed by atoms with E-state index in [0.717, 1.165) is 34.7 Å². The van der Waals surface area contributed by atoms with Crippen molar-refractivity contribution in [2.45, 2.75) is 25.4 Å². The summed E-state index contributed by atoms with van der Waals surface area (Å²) in [5.74, 6) is -1.91. The van der Waals surface area contributed by atoms with Gasteiger partial charge in [-0.15, -0.1) is 0 Å². The van der Waals surface area contributed by atoms with Crippen LogP contribution in [0.1, 0.15) is 36.5 Å². The first-order valence-corrected chi connectivity index (χ1v) is 12.0. The van der Waals surface area contributed by atoms with Gasteiger partial charge in [0.15, 0.2) is 0 Å². The van der Waals surface area contributed by atoms with Crippen LogP contribution in [0, 0.1) is 23.5 Å². The molecule has 2 N–H and O–H groups in total. The quantitative estimate of drug-likeness (QED) is 0.430. The third kappa shape index (κ3) is 6.06. The Morgan fingerprint density at radius 3 is 2.89 bits per heavy atom. The highest BCUT2D eigenvalue weighted by atomic mass is 19.1. The summed E-state index contributed by atoms with van der Waals surface area (Å²) in [6.07, 6.45) is 5.81. The van der Waals surface area contributed by atoms with Gasteiger partial charge >= 0.3 is 5.97 Å². The summed E-state index contributed by atoms with van der Waals surface area (Å²) in [5.41, 5.74) is 1.67. The molecule has 0 spiro atoms. The molecule has 0 amide bonds. The SMILES string of the molecule is COc1cnc2cccc(C(O)CC[C@@H]3CCN(CC=Cc4cc(F)ccc4F)C[C@@H]3C(=O)O)c2c1. The number of nitrogens with zero attached hydrogens (tertiary/aromatic N) is 2. The molecule has 1 saturated heterocycles. The number of pyridine rings is 1. The highest BCUT2D eigenvalue weighted by Crippen LogP contribution is 2.33. The Hall–Kier alpha value is -3.36. The molecule has 2 aromatic carbocycles. The van der Waals surface area contributed by atoms with Gasteiger partial charge in [0, 0.05) is 24.0 Å². The molecule has 2 heterocycles. The van der Waals surface area contributed by atoms with Crippen LogP contribution >= 0.6 is 0 Å². The van der Waals surface area contributed by atoms with Crippen LogP contribution in [0.5, 0.6) is 5.75 Å². The number of carboxylic acids is 1. The molecule has 1 unspecified atom stereocenters. The number of halogens is 2. The van der Waals surface area contributed by atoms with E-state index >= 15 is 0 Å². The second-order valence-corrected chi connectivity index (χ2v) is 9.20. The Balaban J connectivity index is 1.37. The molecule has 36 heavy (non-hydrogen) atoms. The van der Waals surface area contributed by atoms with Gasteiger partial charge in [-0.2, -0.15) is 0 Å². The van der Waals surface area contributed by atoms with Gasteiger partial charge in [-0.25, -0.2) is 8.78 Å². The van der Waals surface area contributed by atoms with E-state index < -0.39 is 29.6 Å². The van der Waals surface area contributed by atoms with Gasteiger partial charge in [-0.05, 0) is 67.6 Å². The lowest BCUT2D eigenvalue weighted by Gasteiger charge is -2.36. The van der Waals surface area contributed by atoms with E-state index in [2.05, 4.69) is 4.98 Å². The number of carbonyl (C=O) groups is 1. The number of aliphatic carboxylic acids is 1. The number of rotatable bonds is 9. The third-order valence-corrected chi connectivity index (χ3v) is 6.92. The van der Waals surface area contributed by atoms with Crippen LogP contribution in [0.25, 0.3) is 17.0 Å². The lowest BCUT2D eigenvalue weighted by Crippen LogP contribution is -2.44. The normalized spacial score (nSPS) is 19.6. The average Bonchev–Trinajstić information content (AvgIpc) is 2.88. The Kier molecular flexibility index (Phi) is 8.28. The molecule has 3 atom stereocenters. The summed E-state index contributed by atoms with van der Waals surface area (Å²) in [7, 11) is 1.57. The Morgan fingerprint density at radius 1 is 1.28 bits per heavy atom. The predicted molar refractivity (Wildman–Crippen MR) is 134 cm³/mol. The molecule has 8 heteroatoms. The minimum absolute atomic E-state index is 0.0688. The molecule has 1 fully saturated rings. The maximum absolute atomic E-state index is 13.8. The number of piperidine rings is 1. The summed E-state index contributed by atoms with van der Waals surface area (Å²) < 4.78 is 32.4. The number of likely N-dealkylation sites (tertiary alicyclic amines) is 1. The molecular formula is C28H30F2N2O4. The lowest BCUT2D eigenvalue weighted by molar-refractivity contribution is -0.146. The third-order valence-electron chi connectivity index (χ3n) is 6.92. The molecule has 1 aliphatic heterocycles. The minimum Gasteiger partial charge on any atom is -0.495 e. The van der Waals surface area contributed by atoms with E-state index in [1.54, 1.807) is 19.4 Å². The molecule has 1 aliphatic rings. The van der Waals surface area contributed by atoms with Gasteiger partial charge in [0.1, 0.15) is 17.4 Å². The van der Waals surface area contributed by atoms with Crippen LogP contribution < -0.4 is 4.74 Å². The van der Waals surface area contributed by atoms with Gasteiger partial charge in [0.25, 0.3) is 0 Å². The molecule has 0 saturated carbocycles. The van der Waals surface area contributed by atoms with Gasteiger partial charge in [0.2, 0.25) is 0 Å². The second kappa shape index (κ2) is 11.6. The van der Waals surface area contributed by atoms with E-state index in [0.29, 0.717) is 44.6 Å². The van der Waals surface area contributed by atoms with Crippen LogP contribution in [-0.2, 0) is 4.79 Å². The topological polar surface area (TPSA) is 82.9 Å². The minimum atomic E-state index is -0.863. The highest BCUT2D eigenvalue weighted by molar-refractivity contribution is 5.83. The number of methoxy groups -OCH3 is 1. The zero-order valence-electron chi connectivity index (χ0n) is 20.1. The van der Waals surface area contributed by atoms with Gasteiger partial charge in [-0.3, -0.25) is 14.7 Å². The lowest BCUT2D eigenvalue weighted by atomic mass is 9.81. The Morgan fingerprint density at radius 2 is 2.11 bits per heavy atom. The summed E-state index contributed by atoms with van der Waals surface area (Å²) in [4.78, 5) is 18.4. The number of hydrogen-bond donors (Lipinski definition) is 2. The van der Waals surface area contributed by atoms with Crippen LogP contribution in [0.15, 0.2) is 54.7 Å². The van der Waals surface area contributed by atoms with Crippen LogP contribution in [0.2, 0.25) is 0 Å². The number of fused-ring (bicyclic) bond motifs is 1. The number of aliphatic hydroxyl groups is 1. The predicted octanol–water partition coefficient (Wildman–Crippen LogP) is 5.07. The Labute approximate surface area is 208 Å². The fraction of sp³-hybridized carbons (Fsp3) is 0.357. The molecule has 6 nitrogen and oxygen atoms in total. The van der Waals surface area contributed by atoms with Crippen LogP contribution in [-0.4, -0.2) is 52.8 Å². The van der Waals surface area contributed by atoms with Crippen LogP contribution in [0.4, 0.5) is 8.78 Å². The number of aliphatic hydroxyl groups excluding tert-OH is 1. The molecule has 190 valence electrons. The van der Waals surface area contributed by atoms with Gasteiger partial charge in [-0.1, -0.05) is 24.3 Å². The van der Waals surface area contributed by atoms with Crippen molar-refractivity contribution in [1.29, 1.82) is 0 Å². The molecule has 0 bridgehead atoms. The maximum Gasteiger partial charge on any atom is 0.308 e. The second-order valence-electron chi connectivity index (χ2n) is 9.20. The van der Waals surface area contributed by atoms with Crippen molar-refractivity contribution in [2.24, 2.45) is 11.8 Å². The first kappa shape index (κ1) is 25.7. The summed E-state index contributed by atoms with van der Waals surface area (Å²) >= 11 is 0. The van der Waals surface area contributed by atoms with Crippen molar-refractivity contribution in [1.82, 2.24) is 9.88 Å². The molecule has 1 aromatic heterocycles. The van der Waals surface area contributed by atoms with E-state index in [1.807, 2.05) is 29.2 Å². The van der Waals surface area contributed by atoms with Gasteiger partial charge in [0.05, 0.1) is 30.8 Å². The standard InChI is InChI=1S/C28H30F2N2O4/c1-36-21-15-23-22(5-2-6-26(23)31-16-21)27(33)10-7-18-11-13-32(17-24(18)28(34)35)12-3-4-19-14-20(29)8-9-25(19)30/h2-6,8-9,14-16,18,24,27,33H,7,10-13,17H2,1H3,(H,34,35)/t18-,24+,27?/m1/s1. The fourth-order valence-corrected chi connectivity index (χ4v) is 4.91. The number of aromatic nitrogens is 1. The first-order valence-electron chi connectivity index (χ1n) is 12.0. The number of benzene rings is 2. The molecule has 0 radical (unpaired) electrons. The fourth-order valence-electron chi connectivity index (χ4n) is 4.91. The smallest absolute Gasteiger partial charge is 0.308 e. The number of ether oxygens (including phenoxy) is 1. The largest absolute Gasteiger partial charge is 0.495 e. The highest BCUT2D eigenvalue weighted by Gasteiger charge is 2.34. The molecule has 0 aliphatic carbocycles. The van der Waals surface area contributed by atoms with E-state index in [1.165, 1.54) is 6.08 Å². The maximum atomic E-state index is 13.8. The van der Waals surface area contributed by atoms with Crippen molar-refractivity contribution < 1.29 is 28.5 Å². The van der Waals surface area contributed by atoms with Crippen molar-refractivity contribution >= 4 is 22.9 Å². The molecule has 4 rings (SSSR count). The van der Waals surface area contributed by atoms with Crippen molar-refractivity contribution in [2.75, 3.05) is 26.7 Å². The zero-order chi connectivity index (χ0) is 25.7. The number of hydrogen-bond acceptors (Lipinski definition) is 5. The van der Waals surface area contributed by atoms with Crippen molar-refractivity contribution in [3.8, 4) is 5.75 Å².